The summed E-state index contributed by atoms with van der Waals surface area (Å²) in [7, 11) is 3.88. The maximum Gasteiger partial charge on any atom is 0.193 e. The summed E-state index contributed by atoms with van der Waals surface area (Å²) in [6.07, 6.45) is 6.46. The highest BCUT2D eigenvalue weighted by atomic mass is 127. The maximum absolute atomic E-state index is 4.53. The molecule has 2 aromatic rings. The van der Waals surface area contributed by atoms with E-state index in [2.05, 4.69) is 66.6 Å². The number of rotatable bonds is 7. The van der Waals surface area contributed by atoms with Crippen LogP contribution in [0, 0.1) is 0 Å². The number of hydrogen-bond acceptors (Lipinski definition) is 4. The molecule has 2 saturated heterocycles. The van der Waals surface area contributed by atoms with E-state index in [1.807, 2.05) is 25.0 Å². The zero-order chi connectivity index (χ0) is 21.5. The molecule has 8 heteroatoms. The zero-order valence-electron chi connectivity index (χ0n) is 19.5. The SMILES string of the molecule is CN=C(NCCCN1CCN(Cc2ccccc2)CC1)N1CCC(c2cnn(C)c2)C1.I. The Balaban J connectivity index is 0.00000289. The summed E-state index contributed by atoms with van der Waals surface area (Å²) in [6.45, 7) is 9.94. The Labute approximate surface area is 209 Å². The van der Waals surface area contributed by atoms with Gasteiger partial charge in [0.05, 0.1) is 6.20 Å². The van der Waals surface area contributed by atoms with Gasteiger partial charge >= 0.3 is 0 Å². The Kier molecular flexibility index (Phi) is 9.80. The first-order valence-corrected chi connectivity index (χ1v) is 11.6. The predicted octanol–water partition coefficient (Wildman–Crippen LogP) is 2.61. The summed E-state index contributed by atoms with van der Waals surface area (Å²) in [5.41, 5.74) is 2.76. The summed E-state index contributed by atoms with van der Waals surface area (Å²) in [5.74, 6) is 1.60. The second kappa shape index (κ2) is 12.6. The van der Waals surface area contributed by atoms with Crippen molar-refractivity contribution in [3.63, 3.8) is 0 Å². The fourth-order valence-electron chi connectivity index (χ4n) is 4.72. The van der Waals surface area contributed by atoms with Crippen LogP contribution in [0.3, 0.4) is 0 Å². The first-order chi connectivity index (χ1) is 15.2. The van der Waals surface area contributed by atoms with E-state index in [0.29, 0.717) is 5.92 Å². The van der Waals surface area contributed by atoms with Crippen molar-refractivity contribution >= 4 is 29.9 Å². The van der Waals surface area contributed by atoms with Gasteiger partial charge in [-0.15, -0.1) is 24.0 Å². The molecule has 2 fully saturated rings. The Bertz CT molecular complexity index is 830. The highest BCUT2D eigenvalue weighted by Gasteiger charge is 2.26. The number of benzene rings is 1. The van der Waals surface area contributed by atoms with Crippen LogP contribution in [-0.2, 0) is 13.6 Å². The zero-order valence-corrected chi connectivity index (χ0v) is 21.8. The lowest BCUT2D eigenvalue weighted by molar-refractivity contribution is 0.126. The van der Waals surface area contributed by atoms with Gasteiger partial charge in [0.2, 0.25) is 0 Å². The molecule has 176 valence electrons. The molecule has 2 aliphatic rings. The van der Waals surface area contributed by atoms with Crippen LogP contribution >= 0.6 is 24.0 Å². The number of nitrogens with one attached hydrogen (secondary N) is 1. The van der Waals surface area contributed by atoms with Crippen molar-refractivity contribution in [2.75, 3.05) is 59.4 Å². The Morgan fingerprint density at radius 2 is 1.84 bits per heavy atom. The molecule has 1 unspecified atom stereocenters. The third-order valence-electron chi connectivity index (χ3n) is 6.54. The fraction of sp³-hybridized carbons (Fsp3) is 0.583. The van der Waals surface area contributed by atoms with E-state index in [0.717, 1.165) is 58.2 Å². The fourth-order valence-corrected chi connectivity index (χ4v) is 4.72. The minimum Gasteiger partial charge on any atom is -0.356 e. The van der Waals surface area contributed by atoms with Crippen molar-refractivity contribution < 1.29 is 0 Å². The van der Waals surface area contributed by atoms with Crippen molar-refractivity contribution in [3.8, 4) is 0 Å². The van der Waals surface area contributed by atoms with Gasteiger partial charge in [0.25, 0.3) is 0 Å². The van der Waals surface area contributed by atoms with Gasteiger partial charge in [0, 0.05) is 78.6 Å². The smallest absolute Gasteiger partial charge is 0.193 e. The number of nitrogens with zero attached hydrogens (tertiary/aromatic N) is 6. The van der Waals surface area contributed by atoms with Crippen molar-refractivity contribution in [2.24, 2.45) is 12.0 Å². The lowest BCUT2D eigenvalue weighted by Gasteiger charge is -2.34. The van der Waals surface area contributed by atoms with Crippen LogP contribution in [-0.4, -0.2) is 89.8 Å². The van der Waals surface area contributed by atoms with Crippen LogP contribution in [0.2, 0.25) is 0 Å². The number of aliphatic imine (C=N–C) groups is 1. The van der Waals surface area contributed by atoms with Crippen LogP contribution < -0.4 is 5.32 Å². The number of hydrogen-bond donors (Lipinski definition) is 1. The van der Waals surface area contributed by atoms with Crippen molar-refractivity contribution in [1.29, 1.82) is 0 Å². The topological polar surface area (TPSA) is 51.9 Å². The quantitative estimate of drug-likeness (QED) is 0.248. The summed E-state index contributed by atoms with van der Waals surface area (Å²) in [6, 6.07) is 10.8. The maximum atomic E-state index is 4.53. The second-order valence-corrected chi connectivity index (χ2v) is 8.81. The average Bonchev–Trinajstić information content (AvgIpc) is 3.45. The third kappa shape index (κ3) is 6.92. The molecule has 0 saturated carbocycles. The number of aryl methyl sites for hydroxylation is 1. The van der Waals surface area contributed by atoms with Gasteiger partial charge in [-0.1, -0.05) is 30.3 Å². The van der Waals surface area contributed by atoms with Crippen LogP contribution in [0.5, 0.6) is 0 Å². The molecule has 0 amide bonds. The molecular weight excluding hydrogens is 513 g/mol. The van der Waals surface area contributed by atoms with Gasteiger partial charge in [0.1, 0.15) is 0 Å². The largest absolute Gasteiger partial charge is 0.356 e. The Hall–Kier alpha value is -1.65. The van der Waals surface area contributed by atoms with E-state index in [1.165, 1.54) is 30.6 Å². The second-order valence-electron chi connectivity index (χ2n) is 8.81. The van der Waals surface area contributed by atoms with Crippen molar-refractivity contribution in [1.82, 2.24) is 29.8 Å². The predicted molar refractivity (Wildman–Crippen MR) is 142 cm³/mol. The highest BCUT2D eigenvalue weighted by molar-refractivity contribution is 14.0. The average molecular weight is 552 g/mol. The van der Waals surface area contributed by atoms with Gasteiger partial charge < -0.3 is 15.1 Å². The lowest BCUT2D eigenvalue weighted by atomic mass is 10.0. The van der Waals surface area contributed by atoms with Crippen molar-refractivity contribution in [2.45, 2.75) is 25.3 Å². The van der Waals surface area contributed by atoms with Gasteiger partial charge in [-0.25, -0.2) is 0 Å². The third-order valence-corrected chi connectivity index (χ3v) is 6.54. The molecule has 1 aromatic carbocycles. The number of aromatic nitrogens is 2. The minimum absolute atomic E-state index is 0. The normalized spacial score (nSPS) is 20.4. The molecule has 2 aliphatic heterocycles. The van der Waals surface area contributed by atoms with E-state index in [4.69, 9.17) is 0 Å². The number of likely N-dealkylation sites (tertiary alicyclic amines) is 1. The van der Waals surface area contributed by atoms with E-state index < -0.39 is 0 Å². The molecular formula is C24H38IN7. The summed E-state index contributed by atoms with van der Waals surface area (Å²) in [5, 5.41) is 7.91. The molecule has 1 N–H and O–H groups in total. The van der Waals surface area contributed by atoms with Gasteiger partial charge in [-0.3, -0.25) is 14.6 Å². The van der Waals surface area contributed by atoms with Gasteiger partial charge in [-0.2, -0.15) is 5.10 Å². The lowest BCUT2D eigenvalue weighted by Crippen LogP contribution is -2.46. The van der Waals surface area contributed by atoms with Crippen LogP contribution in [0.25, 0.3) is 0 Å². The van der Waals surface area contributed by atoms with Crippen molar-refractivity contribution in [3.05, 3.63) is 53.9 Å². The minimum atomic E-state index is 0. The molecule has 0 radical (unpaired) electrons. The number of guanidine groups is 1. The standard InChI is InChI=1S/C24H37N7.HI/c1-25-24(31-12-9-22(20-31)23-17-27-28(2)19-23)26-10-6-11-29-13-15-30(16-14-29)18-21-7-4-3-5-8-21;/h3-5,7-8,17,19,22H,6,9-16,18,20H2,1-2H3,(H,25,26);1H. The van der Waals surface area contributed by atoms with Gasteiger partial charge in [-0.05, 0) is 30.5 Å². The molecule has 1 aromatic heterocycles. The van der Waals surface area contributed by atoms with E-state index in [-0.39, 0.29) is 24.0 Å². The number of piperazine rings is 1. The molecule has 4 rings (SSSR count). The Morgan fingerprint density at radius 3 is 2.53 bits per heavy atom. The number of halogens is 1. The van der Waals surface area contributed by atoms with Crippen LogP contribution in [0.15, 0.2) is 47.7 Å². The molecule has 0 bridgehead atoms. The molecule has 1 atom stereocenters. The monoisotopic (exact) mass is 551 g/mol. The first-order valence-electron chi connectivity index (χ1n) is 11.6. The van der Waals surface area contributed by atoms with E-state index >= 15 is 0 Å². The molecule has 0 spiro atoms. The summed E-state index contributed by atoms with van der Waals surface area (Å²) < 4.78 is 1.90. The van der Waals surface area contributed by atoms with Gasteiger partial charge in [0.15, 0.2) is 5.96 Å². The van der Waals surface area contributed by atoms with Crippen LogP contribution in [0.4, 0.5) is 0 Å². The summed E-state index contributed by atoms with van der Waals surface area (Å²) >= 11 is 0. The van der Waals surface area contributed by atoms with E-state index in [1.54, 1.807) is 0 Å². The molecule has 3 heterocycles. The summed E-state index contributed by atoms with van der Waals surface area (Å²) in [4.78, 5) is 12.1. The molecule has 7 nitrogen and oxygen atoms in total. The first kappa shape index (κ1) is 25.0. The van der Waals surface area contributed by atoms with Crippen LogP contribution in [0.1, 0.15) is 29.9 Å². The van der Waals surface area contributed by atoms with E-state index in [9.17, 15) is 0 Å². The Morgan fingerprint density at radius 1 is 1.09 bits per heavy atom. The molecule has 0 aliphatic carbocycles. The highest BCUT2D eigenvalue weighted by Crippen LogP contribution is 2.26. The molecule has 32 heavy (non-hydrogen) atoms.